The standard InChI is InChI=1S/C14H10BrClF2O/c15-11-3-10(4-12(17)6-11)8-19-14-2-1-9(7-16)5-13(14)18/h1-6H,7-8H2. The van der Waals surface area contributed by atoms with E-state index in [4.69, 9.17) is 16.3 Å². The Labute approximate surface area is 123 Å². The molecule has 0 aliphatic rings. The third kappa shape index (κ3) is 3.91. The summed E-state index contributed by atoms with van der Waals surface area (Å²) in [5.74, 6) is -0.484. The topological polar surface area (TPSA) is 9.23 Å². The Kier molecular flexibility index (Phi) is 4.77. The highest BCUT2D eigenvalue weighted by Crippen LogP contribution is 2.21. The van der Waals surface area contributed by atoms with Crippen molar-refractivity contribution in [2.24, 2.45) is 0 Å². The summed E-state index contributed by atoms with van der Waals surface area (Å²) >= 11 is 8.79. The maximum absolute atomic E-state index is 13.6. The fraction of sp³-hybridized carbons (Fsp3) is 0.143. The molecule has 2 aromatic rings. The predicted octanol–water partition coefficient (Wildman–Crippen LogP) is 5.05. The summed E-state index contributed by atoms with van der Waals surface area (Å²) in [5, 5.41) is 0. The summed E-state index contributed by atoms with van der Waals surface area (Å²) < 4.78 is 32.7. The van der Waals surface area contributed by atoms with Crippen LogP contribution < -0.4 is 4.74 Å². The monoisotopic (exact) mass is 346 g/mol. The average Bonchev–Trinajstić information content (AvgIpc) is 2.36. The van der Waals surface area contributed by atoms with Crippen LogP contribution in [0.2, 0.25) is 0 Å². The first-order valence-corrected chi connectivity index (χ1v) is 6.83. The Hall–Kier alpha value is -1.13. The van der Waals surface area contributed by atoms with Gasteiger partial charge in [0.1, 0.15) is 12.4 Å². The van der Waals surface area contributed by atoms with E-state index in [-0.39, 0.29) is 24.1 Å². The predicted molar refractivity (Wildman–Crippen MR) is 74.4 cm³/mol. The van der Waals surface area contributed by atoms with Crippen molar-refractivity contribution in [1.82, 2.24) is 0 Å². The van der Waals surface area contributed by atoms with E-state index in [1.165, 1.54) is 24.3 Å². The number of hydrogen-bond donors (Lipinski definition) is 0. The van der Waals surface area contributed by atoms with Crippen molar-refractivity contribution in [1.29, 1.82) is 0 Å². The van der Waals surface area contributed by atoms with Crippen LogP contribution in [0.25, 0.3) is 0 Å². The Bertz CT molecular complexity index is 569. The van der Waals surface area contributed by atoms with Gasteiger partial charge in [0.25, 0.3) is 0 Å². The Morgan fingerprint density at radius 3 is 2.47 bits per heavy atom. The molecule has 5 heteroatoms. The number of rotatable bonds is 4. The molecule has 0 saturated carbocycles. The third-order valence-corrected chi connectivity index (χ3v) is 3.23. The molecule has 2 rings (SSSR count). The van der Waals surface area contributed by atoms with Crippen molar-refractivity contribution in [2.75, 3.05) is 0 Å². The normalized spacial score (nSPS) is 10.5. The van der Waals surface area contributed by atoms with Crippen LogP contribution in [0.3, 0.4) is 0 Å². The Morgan fingerprint density at radius 1 is 1.05 bits per heavy atom. The van der Waals surface area contributed by atoms with Crippen LogP contribution in [0.5, 0.6) is 5.75 Å². The van der Waals surface area contributed by atoms with Crippen LogP contribution in [-0.2, 0) is 12.5 Å². The molecular weight excluding hydrogens is 338 g/mol. The lowest BCUT2D eigenvalue weighted by atomic mass is 10.2. The molecule has 0 spiro atoms. The molecule has 0 N–H and O–H groups in total. The Balaban J connectivity index is 2.10. The van der Waals surface area contributed by atoms with Crippen molar-refractivity contribution >= 4 is 27.5 Å². The highest BCUT2D eigenvalue weighted by Gasteiger charge is 2.06. The molecule has 0 atom stereocenters. The molecule has 0 fully saturated rings. The third-order valence-electron chi connectivity index (χ3n) is 2.47. The molecule has 100 valence electrons. The molecule has 0 aliphatic carbocycles. The van der Waals surface area contributed by atoms with E-state index in [9.17, 15) is 8.78 Å². The zero-order valence-electron chi connectivity index (χ0n) is 9.80. The minimum Gasteiger partial charge on any atom is -0.486 e. The van der Waals surface area contributed by atoms with Gasteiger partial charge in [-0.3, -0.25) is 0 Å². The zero-order chi connectivity index (χ0) is 13.8. The lowest BCUT2D eigenvalue weighted by Gasteiger charge is -2.08. The van der Waals surface area contributed by atoms with Gasteiger partial charge in [0.05, 0.1) is 0 Å². The molecule has 0 saturated heterocycles. The average molecular weight is 348 g/mol. The van der Waals surface area contributed by atoms with E-state index in [1.54, 1.807) is 12.1 Å². The van der Waals surface area contributed by atoms with Crippen molar-refractivity contribution in [3.63, 3.8) is 0 Å². The molecule has 0 unspecified atom stereocenters. The minimum absolute atomic E-state index is 0.0908. The van der Waals surface area contributed by atoms with Crippen LogP contribution >= 0.6 is 27.5 Å². The SMILES string of the molecule is Fc1cc(Br)cc(COc2ccc(CCl)cc2F)c1. The Morgan fingerprint density at radius 2 is 1.84 bits per heavy atom. The first-order chi connectivity index (χ1) is 9.08. The van der Waals surface area contributed by atoms with Crippen molar-refractivity contribution in [2.45, 2.75) is 12.5 Å². The van der Waals surface area contributed by atoms with E-state index in [0.29, 0.717) is 15.6 Å². The number of alkyl halides is 1. The fourth-order valence-electron chi connectivity index (χ4n) is 1.60. The lowest BCUT2D eigenvalue weighted by Crippen LogP contribution is -1.98. The second-order valence-electron chi connectivity index (χ2n) is 3.96. The molecule has 0 bridgehead atoms. The molecule has 0 amide bonds. The van der Waals surface area contributed by atoms with E-state index in [0.717, 1.165) is 0 Å². The first-order valence-electron chi connectivity index (χ1n) is 5.50. The second-order valence-corrected chi connectivity index (χ2v) is 5.15. The van der Waals surface area contributed by atoms with Gasteiger partial charge < -0.3 is 4.74 Å². The molecule has 1 nitrogen and oxygen atoms in total. The second kappa shape index (κ2) is 6.35. The lowest BCUT2D eigenvalue weighted by molar-refractivity contribution is 0.289. The quantitative estimate of drug-likeness (QED) is 0.704. The van der Waals surface area contributed by atoms with Gasteiger partial charge in [-0.2, -0.15) is 0 Å². The van der Waals surface area contributed by atoms with Gasteiger partial charge in [0.2, 0.25) is 0 Å². The van der Waals surface area contributed by atoms with Gasteiger partial charge in [-0.25, -0.2) is 8.78 Å². The smallest absolute Gasteiger partial charge is 0.165 e. The maximum atomic E-state index is 13.6. The van der Waals surface area contributed by atoms with Crippen LogP contribution in [-0.4, -0.2) is 0 Å². The maximum Gasteiger partial charge on any atom is 0.165 e. The fourth-order valence-corrected chi connectivity index (χ4v) is 2.28. The number of benzene rings is 2. The van der Waals surface area contributed by atoms with E-state index >= 15 is 0 Å². The largest absolute Gasteiger partial charge is 0.486 e. The summed E-state index contributed by atoms with van der Waals surface area (Å²) in [6, 6.07) is 8.93. The molecule has 0 aromatic heterocycles. The summed E-state index contributed by atoms with van der Waals surface area (Å²) in [5.41, 5.74) is 1.30. The van der Waals surface area contributed by atoms with E-state index in [1.807, 2.05) is 0 Å². The zero-order valence-corrected chi connectivity index (χ0v) is 12.1. The van der Waals surface area contributed by atoms with Crippen LogP contribution in [0.15, 0.2) is 40.9 Å². The van der Waals surface area contributed by atoms with Crippen molar-refractivity contribution in [3.8, 4) is 5.75 Å². The number of hydrogen-bond acceptors (Lipinski definition) is 1. The minimum atomic E-state index is -0.478. The van der Waals surface area contributed by atoms with Gasteiger partial charge >= 0.3 is 0 Å². The van der Waals surface area contributed by atoms with Gasteiger partial charge in [0.15, 0.2) is 11.6 Å². The van der Waals surface area contributed by atoms with Crippen molar-refractivity contribution in [3.05, 3.63) is 63.6 Å². The number of ether oxygens (including phenoxy) is 1. The van der Waals surface area contributed by atoms with Crippen LogP contribution in [0.1, 0.15) is 11.1 Å². The van der Waals surface area contributed by atoms with Gasteiger partial charge in [-0.1, -0.05) is 22.0 Å². The van der Waals surface area contributed by atoms with E-state index < -0.39 is 5.82 Å². The molecular formula is C14H10BrClF2O. The summed E-state index contributed by atoms with van der Waals surface area (Å²) in [4.78, 5) is 0. The first kappa shape index (κ1) is 14.3. The summed E-state index contributed by atoms with van der Waals surface area (Å²) in [6.45, 7) is 0.0908. The van der Waals surface area contributed by atoms with Gasteiger partial charge in [-0.05, 0) is 41.5 Å². The van der Waals surface area contributed by atoms with Crippen LogP contribution in [0.4, 0.5) is 8.78 Å². The summed E-state index contributed by atoms with van der Waals surface area (Å²) in [7, 11) is 0. The molecule has 19 heavy (non-hydrogen) atoms. The van der Waals surface area contributed by atoms with Gasteiger partial charge in [-0.15, -0.1) is 11.6 Å². The molecule has 2 aromatic carbocycles. The molecule has 0 aliphatic heterocycles. The van der Waals surface area contributed by atoms with Gasteiger partial charge in [0, 0.05) is 10.4 Å². The molecule has 0 heterocycles. The van der Waals surface area contributed by atoms with E-state index in [2.05, 4.69) is 15.9 Å². The highest BCUT2D eigenvalue weighted by molar-refractivity contribution is 9.10. The highest BCUT2D eigenvalue weighted by atomic mass is 79.9. The number of halogens is 4. The molecule has 0 radical (unpaired) electrons. The van der Waals surface area contributed by atoms with Crippen LogP contribution in [0, 0.1) is 11.6 Å². The summed E-state index contributed by atoms with van der Waals surface area (Å²) in [6.07, 6.45) is 0. The van der Waals surface area contributed by atoms with Crippen molar-refractivity contribution < 1.29 is 13.5 Å².